The van der Waals surface area contributed by atoms with Crippen LogP contribution < -0.4 is 5.56 Å². The second-order valence-electron chi connectivity index (χ2n) is 6.56. The third kappa shape index (κ3) is 3.41. The number of ether oxygens (including phenoxy) is 1. The third-order valence-corrected chi connectivity index (χ3v) is 4.58. The van der Waals surface area contributed by atoms with Crippen molar-refractivity contribution in [2.75, 3.05) is 0 Å². The fraction of sp³-hybridized carbons (Fsp3) is 0.143. The SMILES string of the molecule is C#CO/C(=C\C)c1nnc(-c2c(C)[nH]c3c(-c4ccccc4)c(C(F)(F)F)nn3c2=O)o1. The Morgan fingerprint density at radius 1 is 1.25 bits per heavy atom. The summed E-state index contributed by atoms with van der Waals surface area (Å²) < 4.78 is 52.3. The first-order valence-electron chi connectivity index (χ1n) is 9.17. The van der Waals surface area contributed by atoms with Gasteiger partial charge in [0.05, 0.1) is 5.56 Å². The predicted octanol–water partition coefficient (Wildman–Crippen LogP) is 4.03. The Balaban J connectivity index is 1.97. The molecular weight excluding hydrogens is 427 g/mol. The van der Waals surface area contributed by atoms with Gasteiger partial charge in [0, 0.05) is 5.69 Å². The lowest BCUT2D eigenvalue weighted by molar-refractivity contribution is -0.140. The average Bonchev–Trinajstić information content (AvgIpc) is 3.38. The molecule has 4 rings (SSSR count). The molecule has 0 fully saturated rings. The zero-order chi connectivity index (χ0) is 23.0. The summed E-state index contributed by atoms with van der Waals surface area (Å²) in [5.41, 5.74) is -2.08. The Labute approximate surface area is 178 Å². The number of aromatic nitrogens is 5. The number of terminal acetylenes is 1. The van der Waals surface area contributed by atoms with Crippen molar-refractivity contribution in [2.24, 2.45) is 0 Å². The van der Waals surface area contributed by atoms with E-state index in [0.29, 0.717) is 4.52 Å². The Kier molecular flexibility index (Phi) is 5.06. The zero-order valence-electron chi connectivity index (χ0n) is 16.7. The second-order valence-corrected chi connectivity index (χ2v) is 6.56. The molecule has 0 bridgehead atoms. The second kappa shape index (κ2) is 7.73. The summed E-state index contributed by atoms with van der Waals surface area (Å²) in [6.45, 7) is 3.12. The zero-order valence-corrected chi connectivity index (χ0v) is 16.7. The van der Waals surface area contributed by atoms with Crippen molar-refractivity contribution >= 4 is 11.4 Å². The molecule has 0 atom stereocenters. The van der Waals surface area contributed by atoms with Gasteiger partial charge in [-0.1, -0.05) is 36.8 Å². The first kappa shape index (κ1) is 20.9. The molecule has 0 amide bonds. The number of benzene rings is 1. The van der Waals surface area contributed by atoms with Gasteiger partial charge in [0.25, 0.3) is 17.3 Å². The number of halogens is 3. The molecule has 0 aliphatic rings. The van der Waals surface area contributed by atoms with E-state index in [1.165, 1.54) is 25.1 Å². The third-order valence-electron chi connectivity index (χ3n) is 4.58. The van der Waals surface area contributed by atoms with Crippen LogP contribution in [0.1, 0.15) is 24.2 Å². The van der Waals surface area contributed by atoms with Crippen LogP contribution in [0.25, 0.3) is 34.0 Å². The molecule has 1 N–H and O–H groups in total. The number of hydrogen-bond donors (Lipinski definition) is 1. The van der Waals surface area contributed by atoms with Gasteiger partial charge in [0.1, 0.15) is 17.3 Å². The van der Waals surface area contributed by atoms with Crippen molar-refractivity contribution in [3.8, 4) is 35.1 Å². The lowest BCUT2D eigenvalue weighted by Gasteiger charge is -2.07. The van der Waals surface area contributed by atoms with E-state index < -0.39 is 17.4 Å². The number of nitrogens with one attached hydrogen (secondary N) is 1. The lowest BCUT2D eigenvalue weighted by atomic mass is 10.1. The van der Waals surface area contributed by atoms with Crippen molar-refractivity contribution in [2.45, 2.75) is 20.0 Å². The molecule has 8 nitrogen and oxygen atoms in total. The molecule has 3 heterocycles. The molecule has 32 heavy (non-hydrogen) atoms. The van der Waals surface area contributed by atoms with Crippen molar-refractivity contribution in [3.05, 3.63) is 64.0 Å². The maximum atomic E-state index is 13.8. The number of H-pyrrole nitrogens is 1. The van der Waals surface area contributed by atoms with Gasteiger partial charge >= 0.3 is 6.18 Å². The highest BCUT2D eigenvalue weighted by Crippen LogP contribution is 2.38. The molecule has 3 aromatic heterocycles. The van der Waals surface area contributed by atoms with Gasteiger partial charge in [-0.05, 0) is 25.5 Å². The minimum atomic E-state index is -4.80. The maximum Gasteiger partial charge on any atom is 0.435 e. The quantitative estimate of drug-likeness (QED) is 0.379. The van der Waals surface area contributed by atoms with Gasteiger partial charge < -0.3 is 14.1 Å². The smallest absolute Gasteiger partial charge is 0.413 e. The molecule has 0 aliphatic heterocycles. The van der Waals surface area contributed by atoms with Crippen LogP contribution in [-0.2, 0) is 10.9 Å². The number of allylic oxidation sites excluding steroid dienone is 1. The van der Waals surface area contributed by atoms with Gasteiger partial charge in [0.2, 0.25) is 0 Å². The normalized spacial score (nSPS) is 12.2. The number of nitrogens with zero attached hydrogens (tertiary/aromatic N) is 4. The molecule has 0 spiro atoms. The van der Waals surface area contributed by atoms with E-state index in [1.807, 2.05) is 6.11 Å². The number of hydrogen-bond acceptors (Lipinski definition) is 6. The van der Waals surface area contributed by atoms with E-state index in [0.717, 1.165) is 0 Å². The summed E-state index contributed by atoms with van der Waals surface area (Å²) in [4.78, 5) is 16.0. The van der Waals surface area contributed by atoms with Crippen LogP contribution in [0.15, 0.2) is 45.6 Å². The Bertz CT molecular complexity index is 1440. The van der Waals surface area contributed by atoms with E-state index in [4.69, 9.17) is 15.6 Å². The largest absolute Gasteiger partial charge is 0.435 e. The standard InChI is InChI=1S/C21H14F3N5O3/c1-4-13(31-5-2)18-26-27-19(32-18)14-11(3)25-17-15(12-9-7-6-8-10-12)16(21(22,23)24)28-29(17)20(14)30/h2,4,6-10,25H,1,3H3/b13-4-. The van der Waals surface area contributed by atoms with Crippen LogP contribution in [0.5, 0.6) is 0 Å². The van der Waals surface area contributed by atoms with Crippen LogP contribution in [0.2, 0.25) is 0 Å². The van der Waals surface area contributed by atoms with E-state index in [1.54, 1.807) is 25.1 Å². The summed E-state index contributed by atoms with van der Waals surface area (Å²) in [6.07, 6.45) is 3.76. The van der Waals surface area contributed by atoms with Crippen molar-refractivity contribution in [3.63, 3.8) is 0 Å². The van der Waals surface area contributed by atoms with Gasteiger partial charge in [0.15, 0.2) is 11.5 Å². The lowest BCUT2D eigenvalue weighted by Crippen LogP contribution is -2.20. The van der Waals surface area contributed by atoms with Crippen LogP contribution in [0.4, 0.5) is 13.2 Å². The highest BCUT2D eigenvalue weighted by Gasteiger charge is 2.39. The van der Waals surface area contributed by atoms with Crippen molar-refractivity contribution < 1.29 is 22.3 Å². The molecular formula is C21H14F3N5O3. The summed E-state index contributed by atoms with van der Waals surface area (Å²) in [6, 6.07) is 7.86. The van der Waals surface area contributed by atoms with Gasteiger partial charge in [-0.25, -0.2) is 0 Å². The summed E-state index contributed by atoms with van der Waals surface area (Å²) in [7, 11) is 0. The summed E-state index contributed by atoms with van der Waals surface area (Å²) in [5.74, 6) is -0.238. The molecule has 0 unspecified atom stereocenters. The van der Waals surface area contributed by atoms with E-state index in [-0.39, 0.29) is 45.6 Å². The van der Waals surface area contributed by atoms with Crippen LogP contribution in [0.3, 0.4) is 0 Å². The van der Waals surface area contributed by atoms with Gasteiger partial charge in [-0.2, -0.15) is 22.8 Å². The number of fused-ring (bicyclic) bond motifs is 1. The molecule has 4 aromatic rings. The number of alkyl halides is 3. The molecule has 0 aliphatic carbocycles. The summed E-state index contributed by atoms with van der Waals surface area (Å²) in [5, 5.41) is 11.2. The van der Waals surface area contributed by atoms with Crippen molar-refractivity contribution in [1.82, 2.24) is 24.8 Å². The maximum absolute atomic E-state index is 13.8. The average molecular weight is 441 g/mol. The topological polar surface area (TPSA) is 98.3 Å². The molecule has 0 radical (unpaired) electrons. The molecule has 162 valence electrons. The van der Waals surface area contributed by atoms with Crippen LogP contribution >= 0.6 is 0 Å². The Morgan fingerprint density at radius 2 is 1.97 bits per heavy atom. The Morgan fingerprint density at radius 3 is 2.59 bits per heavy atom. The minimum absolute atomic E-state index is 0.0891. The van der Waals surface area contributed by atoms with Crippen LogP contribution in [-0.4, -0.2) is 24.8 Å². The van der Waals surface area contributed by atoms with Gasteiger partial charge in [-0.15, -0.1) is 10.2 Å². The monoisotopic (exact) mass is 441 g/mol. The predicted molar refractivity (Wildman–Crippen MR) is 108 cm³/mol. The van der Waals surface area contributed by atoms with Crippen molar-refractivity contribution in [1.29, 1.82) is 0 Å². The van der Waals surface area contributed by atoms with E-state index >= 15 is 0 Å². The first-order valence-corrected chi connectivity index (χ1v) is 9.17. The van der Waals surface area contributed by atoms with Crippen LogP contribution in [0, 0.1) is 19.5 Å². The fourth-order valence-electron chi connectivity index (χ4n) is 3.23. The first-order chi connectivity index (χ1) is 15.3. The van der Waals surface area contributed by atoms with E-state index in [2.05, 4.69) is 20.3 Å². The Hall–Kier alpha value is -4.33. The van der Waals surface area contributed by atoms with Gasteiger partial charge in [-0.3, -0.25) is 4.79 Å². The highest BCUT2D eigenvalue weighted by molar-refractivity contribution is 5.81. The van der Waals surface area contributed by atoms with E-state index in [9.17, 15) is 18.0 Å². The molecule has 1 aromatic carbocycles. The fourth-order valence-corrected chi connectivity index (χ4v) is 3.23. The minimum Gasteiger partial charge on any atom is -0.413 e. The highest BCUT2D eigenvalue weighted by atomic mass is 19.4. The number of aromatic amines is 1. The number of rotatable bonds is 4. The summed E-state index contributed by atoms with van der Waals surface area (Å²) >= 11 is 0. The molecule has 0 saturated heterocycles. The molecule has 11 heteroatoms. The number of aryl methyl sites for hydroxylation is 1. The molecule has 0 saturated carbocycles.